The Morgan fingerprint density at radius 3 is 2.81 bits per heavy atom. The number of benzene rings is 1. The van der Waals surface area contributed by atoms with E-state index < -0.39 is 0 Å². The first-order valence-electron chi connectivity index (χ1n) is 4.97. The summed E-state index contributed by atoms with van der Waals surface area (Å²) in [5.41, 5.74) is 1.64. The molecule has 2 rings (SSSR count). The van der Waals surface area contributed by atoms with Gasteiger partial charge in [-0.2, -0.15) is 0 Å². The molecule has 0 spiro atoms. The number of anilines is 1. The summed E-state index contributed by atoms with van der Waals surface area (Å²) in [5, 5.41) is 4.63. The van der Waals surface area contributed by atoms with Crippen molar-refractivity contribution in [2.45, 2.75) is 13.8 Å². The van der Waals surface area contributed by atoms with Crippen LogP contribution < -0.4 is 10.9 Å². The van der Waals surface area contributed by atoms with E-state index in [9.17, 15) is 4.79 Å². The standard InChI is InChI=1S/C12H12N2OS/c1-7-5-9-3-4-10(14-8(2)16)6-11(9)12(15)13-7/h3-6H,1-2H3,(H,13,15)(H,14,16). The third kappa shape index (κ3) is 2.12. The predicted molar refractivity (Wildman–Crippen MR) is 71.2 cm³/mol. The Balaban J connectivity index is 2.62. The van der Waals surface area contributed by atoms with Crippen LogP contribution in [0.1, 0.15) is 12.6 Å². The zero-order valence-corrected chi connectivity index (χ0v) is 9.94. The normalized spacial score (nSPS) is 10.4. The number of aromatic amines is 1. The van der Waals surface area contributed by atoms with Crippen LogP contribution in [0.5, 0.6) is 0 Å². The van der Waals surface area contributed by atoms with E-state index in [-0.39, 0.29) is 5.56 Å². The molecule has 2 N–H and O–H groups in total. The Labute approximate surface area is 98.5 Å². The highest BCUT2D eigenvalue weighted by atomic mass is 32.1. The molecule has 0 atom stereocenters. The van der Waals surface area contributed by atoms with Crippen LogP contribution in [0.15, 0.2) is 29.1 Å². The molecule has 16 heavy (non-hydrogen) atoms. The fourth-order valence-electron chi connectivity index (χ4n) is 1.68. The molecule has 1 aromatic heterocycles. The third-order valence-electron chi connectivity index (χ3n) is 2.30. The van der Waals surface area contributed by atoms with Crippen molar-refractivity contribution in [2.75, 3.05) is 5.32 Å². The first-order chi connectivity index (χ1) is 7.56. The molecule has 1 heterocycles. The molecule has 0 aliphatic carbocycles. The van der Waals surface area contributed by atoms with Gasteiger partial charge < -0.3 is 10.3 Å². The fourth-order valence-corrected chi connectivity index (χ4v) is 1.79. The van der Waals surface area contributed by atoms with Crippen molar-refractivity contribution in [3.05, 3.63) is 40.3 Å². The SMILES string of the molecule is CC(=S)Nc1ccc2cc(C)[nH]c(=O)c2c1. The summed E-state index contributed by atoms with van der Waals surface area (Å²) in [5.74, 6) is 0. The Hall–Kier alpha value is -1.68. The molecule has 2 aromatic rings. The van der Waals surface area contributed by atoms with Crippen LogP contribution in [-0.2, 0) is 0 Å². The Bertz CT molecular complexity index is 616. The first-order valence-corrected chi connectivity index (χ1v) is 5.38. The van der Waals surface area contributed by atoms with Crippen molar-refractivity contribution in [3.63, 3.8) is 0 Å². The predicted octanol–water partition coefficient (Wildman–Crippen LogP) is 2.60. The minimum absolute atomic E-state index is 0.0688. The number of hydrogen-bond acceptors (Lipinski definition) is 2. The van der Waals surface area contributed by atoms with Gasteiger partial charge in [-0.15, -0.1) is 0 Å². The largest absolute Gasteiger partial charge is 0.350 e. The molecule has 1 aromatic carbocycles. The second kappa shape index (κ2) is 4.06. The van der Waals surface area contributed by atoms with Crippen LogP contribution in [0.25, 0.3) is 10.8 Å². The zero-order valence-electron chi connectivity index (χ0n) is 9.13. The molecular formula is C12H12N2OS. The number of pyridine rings is 1. The van der Waals surface area contributed by atoms with Gasteiger partial charge in [-0.1, -0.05) is 18.3 Å². The van der Waals surface area contributed by atoms with E-state index in [0.717, 1.165) is 16.8 Å². The zero-order chi connectivity index (χ0) is 11.7. The van der Waals surface area contributed by atoms with Crippen molar-refractivity contribution in [1.29, 1.82) is 0 Å². The second-order valence-corrected chi connectivity index (χ2v) is 4.38. The molecule has 82 valence electrons. The fraction of sp³-hybridized carbons (Fsp3) is 0.167. The summed E-state index contributed by atoms with van der Waals surface area (Å²) in [6.07, 6.45) is 0. The lowest BCUT2D eigenvalue weighted by atomic mass is 10.1. The van der Waals surface area contributed by atoms with Gasteiger partial charge in [0.15, 0.2) is 0 Å². The van der Waals surface area contributed by atoms with Crippen molar-refractivity contribution in [1.82, 2.24) is 4.98 Å². The number of thiocarbonyl (C=S) groups is 1. The summed E-state index contributed by atoms with van der Waals surface area (Å²) in [6, 6.07) is 7.59. The lowest BCUT2D eigenvalue weighted by Gasteiger charge is -2.05. The lowest BCUT2D eigenvalue weighted by molar-refractivity contribution is 1.17. The highest BCUT2D eigenvalue weighted by molar-refractivity contribution is 7.80. The van der Waals surface area contributed by atoms with E-state index in [0.29, 0.717) is 10.4 Å². The maximum atomic E-state index is 11.7. The lowest BCUT2D eigenvalue weighted by Crippen LogP contribution is -2.09. The van der Waals surface area contributed by atoms with Crippen LogP contribution in [0, 0.1) is 6.92 Å². The molecule has 3 nitrogen and oxygen atoms in total. The second-order valence-electron chi connectivity index (χ2n) is 3.76. The summed E-state index contributed by atoms with van der Waals surface area (Å²) in [7, 11) is 0. The number of nitrogens with one attached hydrogen (secondary N) is 2. The topological polar surface area (TPSA) is 44.9 Å². The summed E-state index contributed by atoms with van der Waals surface area (Å²) in [6.45, 7) is 3.67. The smallest absolute Gasteiger partial charge is 0.256 e. The third-order valence-corrected chi connectivity index (χ3v) is 2.40. The molecular weight excluding hydrogens is 220 g/mol. The number of rotatable bonds is 1. The van der Waals surface area contributed by atoms with Gasteiger partial charge in [-0.05, 0) is 37.4 Å². The quantitative estimate of drug-likeness (QED) is 0.743. The maximum absolute atomic E-state index is 11.7. The van der Waals surface area contributed by atoms with Crippen LogP contribution in [0.2, 0.25) is 0 Å². The van der Waals surface area contributed by atoms with Crippen molar-refractivity contribution in [3.8, 4) is 0 Å². The Kier molecular flexibility index (Phi) is 2.75. The summed E-state index contributed by atoms with van der Waals surface area (Å²) >= 11 is 4.96. The summed E-state index contributed by atoms with van der Waals surface area (Å²) in [4.78, 5) is 15.2. The molecule has 0 saturated carbocycles. The van der Waals surface area contributed by atoms with Crippen LogP contribution >= 0.6 is 12.2 Å². The molecule has 0 aliphatic rings. The minimum atomic E-state index is -0.0688. The van der Waals surface area contributed by atoms with Crippen LogP contribution in [-0.4, -0.2) is 9.97 Å². The van der Waals surface area contributed by atoms with E-state index in [1.165, 1.54) is 0 Å². The van der Waals surface area contributed by atoms with Crippen molar-refractivity contribution in [2.24, 2.45) is 0 Å². The molecule has 0 aliphatic heterocycles. The molecule has 0 radical (unpaired) electrons. The Morgan fingerprint density at radius 1 is 1.38 bits per heavy atom. The van der Waals surface area contributed by atoms with E-state index in [4.69, 9.17) is 12.2 Å². The van der Waals surface area contributed by atoms with Gasteiger partial charge in [0.25, 0.3) is 5.56 Å². The van der Waals surface area contributed by atoms with Gasteiger partial charge in [0, 0.05) is 16.8 Å². The van der Waals surface area contributed by atoms with E-state index >= 15 is 0 Å². The number of hydrogen-bond donors (Lipinski definition) is 2. The van der Waals surface area contributed by atoms with E-state index in [1.54, 1.807) is 6.92 Å². The molecule has 0 bridgehead atoms. The summed E-state index contributed by atoms with van der Waals surface area (Å²) < 4.78 is 0. The number of aryl methyl sites for hydroxylation is 1. The minimum Gasteiger partial charge on any atom is -0.350 e. The average molecular weight is 232 g/mol. The monoisotopic (exact) mass is 232 g/mol. The van der Waals surface area contributed by atoms with Gasteiger partial charge in [0.2, 0.25) is 0 Å². The van der Waals surface area contributed by atoms with Gasteiger partial charge in [-0.3, -0.25) is 4.79 Å². The maximum Gasteiger partial charge on any atom is 0.256 e. The van der Waals surface area contributed by atoms with Gasteiger partial charge >= 0.3 is 0 Å². The molecule has 4 heteroatoms. The molecule has 0 unspecified atom stereocenters. The van der Waals surface area contributed by atoms with Gasteiger partial charge in [0.1, 0.15) is 0 Å². The highest BCUT2D eigenvalue weighted by Crippen LogP contribution is 2.16. The number of fused-ring (bicyclic) bond motifs is 1. The van der Waals surface area contributed by atoms with Crippen molar-refractivity contribution >= 4 is 33.7 Å². The van der Waals surface area contributed by atoms with Crippen molar-refractivity contribution < 1.29 is 0 Å². The van der Waals surface area contributed by atoms with Crippen LogP contribution in [0.3, 0.4) is 0 Å². The van der Waals surface area contributed by atoms with Gasteiger partial charge in [0.05, 0.1) is 4.99 Å². The van der Waals surface area contributed by atoms with E-state index in [2.05, 4.69) is 10.3 Å². The molecule has 0 amide bonds. The van der Waals surface area contributed by atoms with Crippen LogP contribution in [0.4, 0.5) is 5.69 Å². The molecule has 0 fully saturated rings. The Morgan fingerprint density at radius 2 is 2.12 bits per heavy atom. The van der Waals surface area contributed by atoms with E-state index in [1.807, 2.05) is 31.2 Å². The highest BCUT2D eigenvalue weighted by Gasteiger charge is 2.01. The number of H-pyrrole nitrogens is 1. The average Bonchev–Trinajstić information content (AvgIpc) is 2.18. The number of aromatic nitrogens is 1. The first kappa shape index (κ1) is 10.8. The van der Waals surface area contributed by atoms with Gasteiger partial charge in [-0.25, -0.2) is 0 Å². The molecule has 0 saturated heterocycles.